The Labute approximate surface area is 109 Å². The summed E-state index contributed by atoms with van der Waals surface area (Å²) in [5.41, 5.74) is 7.50. The van der Waals surface area contributed by atoms with Crippen molar-refractivity contribution in [2.75, 3.05) is 30.9 Å². The van der Waals surface area contributed by atoms with Gasteiger partial charge in [-0.25, -0.2) is 0 Å². The van der Waals surface area contributed by atoms with Crippen LogP contribution in [0.2, 0.25) is 0 Å². The van der Waals surface area contributed by atoms with Crippen LogP contribution in [0.5, 0.6) is 0 Å². The molecule has 1 aromatic carbocycles. The van der Waals surface area contributed by atoms with Crippen molar-refractivity contribution < 1.29 is 4.79 Å². The molecule has 0 aromatic heterocycles. The zero-order valence-electron chi connectivity index (χ0n) is 11.4. The van der Waals surface area contributed by atoms with Crippen LogP contribution in [0, 0.1) is 5.92 Å². The van der Waals surface area contributed by atoms with Gasteiger partial charge >= 0.3 is 0 Å². The molecule has 1 aromatic rings. The Morgan fingerprint density at radius 1 is 1.44 bits per heavy atom. The maximum atomic E-state index is 11.8. The number of nitrogens with two attached hydrogens (primary N) is 1. The van der Waals surface area contributed by atoms with Crippen LogP contribution < -0.4 is 16.0 Å². The molecule has 0 aliphatic carbocycles. The summed E-state index contributed by atoms with van der Waals surface area (Å²) in [4.78, 5) is 13.8. The van der Waals surface area contributed by atoms with Crippen molar-refractivity contribution in [1.29, 1.82) is 0 Å². The first-order valence-corrected chi connectivity index (χ1v) is 6.34. The molecule has 0 fully saturated rings. The maximum Gasteiger partial charge on any atom is 0.224 e. The predicted molar refractivity (Wildman–Crippen MR) is 76.9 cm³/mol. The van der Waals surface area contributed by atoms with Gasteiger partial charge in [0.2, 0.25) is 5.91 Å². The van der Waals surface area contributed by atoms with Gasteiger partial charge in [-0.05, 0) is 30.7 Å². The summed E-state index contributed by atoms with van der Waals surface area (Å²) in [6.45, 7) is 2.61. The molecule has 0 aliphatic rings. The summed E-state index contributed by atoms with van der Waals surface area (Å²) >= 11 is 0. The summed E-state index contributed by atoms with van der Waals surface area (Å²) in [7, 11) is 3.95. The number of carbonyl (C=O) groups excluding carboxylic acids is 1. The largest absolute Gasteiger partial charge is 0.378 e. The molecule has 3 N–H and O–H groups in total. The van der Waals surface area contributed by atoms with Gasteiger partial charge in [-0.2, -0.15) is 0 Å². The standard InChI is InChI=1S/C14H23N3O/c1-4-11(10-15)8-14(18)16-12-6-5-7-13(9-12)17(2)3/h5-7,9,11H,4,8,10,15H2,1-3H3,(H,16,18). The lowest BCUT2D eigenvalue weighted by Crippen LogP contribution is -2.21. The third kappa shape index (κ3) is 4.37. The Kier molecular flexibility index (Phi) is 5.65. The van der Waals surface area contributed by atoms with Crippen LogP contribution in [0.4, 0.5) is 11.4 Å². The second-order valence-electron chi connectivity index (χ2n) is 4.71. The first-order valence-electron chi connectivity index (χ1n) is 6.34. The Morgan fingerprint density at radius 2 is 2.17 bits per heavy atom. The zero-order valence-corrected chi connectivity index (χ0v) is 11.4. The quantitative estimate of drug-likeness (QED) is 0.811. The highest BCUT2D eigenvalue weighted by Crippen LogP contribution is 2.18. The van der Waals surface area contributed by atoms with Gasteiger partial charge in [0.05, 0.1) is 0 Å². The van der Waals surface area contributed by atoms with E-state index >= 15 is 0 Å². The van der Waals surface area contributed by atoms with Crippen molar-refractivity contribution in [3.8, 4) is 0 Å². The fourth-order valence-corrected chi connectivity index (χ4v) is 1.73. The molecule has 0 saturated carbocycles. The molecule has 4 heteroatoms. The van der Waals surface area contributed by atoms with E-state index in [1.807, 2.05) is 43.3 Å². The first kappa shape index (κ1) is 14.5. The SMILES string of the molecule is CCC(CN)CC(=O)Nc1cccc(N(C)C)c1. The lowest BCUT2D eigenvalue weighted by atomic mass is 10.0. The minimum Gasteiger partial charge on any atom is -0.378 e. The molecular weight excluding hydrogens is 226 g/mol. The molecule has 0 aliphatic heterocycles. The lowest BCUT2D eigenvalue weighted by Gasteiger charge is -2.15. The molecular formula is C14H23N3O. The number of rotatable bonds is 6. The number of nitrogens with zero attached hydrogens (tertiary/aromatic N) is 1. The monoisotopic (exact) mass is 249 g/mol. The van der Waals surface area contributed by atoms with Crippen molar-refractivity contribution in [3.05, 3.63) is 24.3 Å². The van der Waals surface area contributed by atoms with Gasteiger partial charge in [-0.15, -0.1) is 0 Å². The zero-order chi connectivity index (χ0) is 13.5. The second kappa shape index (κ2) is 7.01. The molecule has 0 saturated heterocycles. The van der Waals surface area contributed by atoms with E-state index in [1.54, 1.807) is 0 Å². The average Bonchev–Trinajstić information content (AvgIpc) is 2.36. The summed E-state index contributed by atoms with van der Waals surface area (Å²) < 4.78 is 0. The van der Waals surface area contributed by atoms with Gasteiger partial charge in [-0.1, -0.05) is 19.4 Å². The van der Waals surface area contributed by atoms with Crippen LogP contribution in [0.3, 0.4) is 0 Å². The highest BCUT2D eigenvalue weighted by atomic mass is 16.1. The van der Waals surface area contributed by atoms with E-state index in [1.165, 1.54) is 0 Å². The fraction of sp³-hybridized carbons (Fsp3) is 0.500. The number of anilines is 2. The van der Waals surface area contributed by atoms with E-state index in [9.17, 15) is 4.79 Å². The fourth-order valence-electron chi connectivity index (χ4n) is 1.73. The van der Waals surface area contributed by atoms with Gasteiger partial charge in [0, 0.05) is 31.9 Å². The van der Waals surface area contributed by atoms with Crippen LogP contribution in [-0.4, -0.2) is 26.5 Å². The third-order valence-electron chi connectivity index (χ3n) is 3.03. The number of amides is 1. The number of benzene rings is 1. The highest BCUT2D eigenvalue weighted by molar-refractivity contribution is 5.91. The molecule has 18 heavy (non-hydrogen) atoms. The Morgan fingerprint density at radius 3 is 2.72 bits per heavy atom. The molecule has 1 rings (SSSR count). The first-order chi connectivity index (χ1) is 8.56. The van der Waals surface area contributed by atoms with E-state index in [2.05, 4.69) is 12.2 Å². The highest BCUT2D eigenvalue weighted by Gasteiger charge is 2.10. The molecule has 0 heterocycles. The summed E-state index contributed by atoms with van der Waals surface area (Å²) in [6.07, 6.45) is 1.42. The van der Waals surface area contributed by atoms with Gasteiger partial charge in [0.1, 0.15) is 0 Å². The molecule has 0 spiro atoms. The van der Waals surface area contributed by atoms with E-state index in [0.717, 1.165) is 17.8 Å². The van der Waals surface area contributed by atoms with Crippen molar-refractivity contribution in [1.82, 2.24) is 0 Å². The average molecular weight is 249 g/mol. The van der Waals surface area contributed by atoms with Crippen molar-refractivity contribution >= 4 is 17.3 Å². The van der Waals surface area contributed by atoms with Gasteiger partial charge in [-0.3, -0.25) is 4.79 Å². The van der Waals surface area contributed by atoms with Crippen LogP contribution in [-0.2, 0) is 4.79 Å². The van der Waals surface area contributed by atoms with Gasteiger partial charge in [0.15, 0.2) is 0 Å². The Hall–Kier alpha value is -1.55. The second-order valence-corrected chi connectivity index (χ2v) is 4.71. The smallest absolute Gasteiger partial charge is 0.224 e. The van der Waals surface area contributed by atoms with Crippen molar-refractivity contribution in [3.63, 3.8) is 0 Å². The summed E-state index contributed by atoms with van der Waals surface area (Å²) in [5.74, 6) is 0.297. The van der Waals surface area contributed by atoms with Crippen LogP contribution >= 0.6 is 0 Å². The lowest BCUT2D eigenvalue weighted by molar-refractivity contribution is -0.117. The molecule has 1 unspecified atom stereocenters. The number of hydrogen-bond acceptors (Lipinski definition) is 3. The van der Waals surface area contributed by atoms with E-state index in [-0.39, 0.29) is 11.8 Å². The van der Waals surface area contributed by atoms with E-state index in [0.29, 0.717) is 13.0 Å². The van der Waals surface area contributed by atoms with Gasteiger partial charge < -0.3 is 16.0 Å². The Balaban J connectivity index is 2.61. The molecule has 1 amide bonds. The molecule has 1 atom stereocenters. The van der Waals surface area contributed by atoms with Crippen molar-refractivity contribution in [2.24, 2.45) is 11.7 Å². The maximum absolute atomic E-state index is 11.8. The molecule has 0 radical (unpaired) electrons. The van der Waals surface area contributed by atoms with E-state index in [4.69, 9.17) is 5.73 Å². The minimum absolute atomic E-state index is 0.0307. The molecule has 100 valence electrons. The predicted octanol–water partition coefficient (Wildman–Crippen LogP) is 2.07. The molecule has 4 nitrogen and oxygen atoms in total. The normalized spacial score (nSPS) is 12.0. The Bertz CT molecular complexity index is 386. The number of carbonyl (C=O) groups is 1. The van der Waals surface area contributed by atoms with Crippen LogP contribution in [0.25, 0.3) is 0 Å². The topological polar surface area (TPSA) is 58.4 Å². The molecule has 0 bridgehead atoms. The number of nitrogens with one attached hydrogen (secondary N) is 1. The van der Waals surface area contributed by atoms with Crippen LogP contribution in [0.1, 0.15) is 19.8 Å². The van der Waals surface area contributed by atoms with E-state index < -0.39 is 0 Å². The van der Waals surface area contributed by atoms with Gasteiger partial charge in [0.25, 0.3) is 0 Å². The summed E-state index contributed by atoms with van der Waals surface area (Å²) in [6, 6.07) is 7.80. The van der Waals surface area contributed by atoms with Crippen LogP contribution in [0.15, 0.2) is 24.3 Å². The number of hydrogen-bond donors (Lipinski definition) is 2. The summed E-state index contributed by atoms with van der Waals surface area (Å²) in [5, 5.41) is 2.92. The third-order valence-corrected chi connectivity index (χ3v) is 3.03. The van der Waals surface area contributed by atoms with Crippen molar-refractivity contribution in [2.45, 2.75) is 19.8 Å². The minimum atomic E-state index is 0.0307.